The van der Waals surface area contributed by atoms with Crippen molar-refractivity contribution in [3.05, 3.63) is 65.0 Å². The first kappa shape index (κ1) is 21.2. The van der Waals surface area contributed by atoms with Crippen molar-refractivity contribution in [1.82, 2.24) is 15.4 Å². The van der Waals surface area contributed by atoms with Crippen LogP contribution in [0, 0.1) is 13.8 Å². The molecule has 0 saturated heterocycles. The third kappa shape index (κ3) is 4.51. The van der Waals surface area contributed by atoms with E-state index in [4.69, 9.17) is 9.26 Å². The molecule has 0 aliphatic heterocycles. The van der Waals surface area contributed by atoms with Crippen LogP contribution in [0.5, 0.6) is 5.75 Å². The molecule has 2 heterocycles. The van der Waals surface area contributed by atoms with E-state index < -0.39 is 17.8 Å². The van der Waals surface area contributed by atoms with Crippen LogP contribution < -0.4 is 15.4 Å². The summed E-state index contributed by atoms with van der Waals surface area (Å²) in [6.45, 7) is 3.87. The average Bonchev–Trinajstić information content (AvgIpc) is 3.28. The van der Waals surface area contributed by atoms with Crippen LogP contribution in [-0.2, 0) is 12.8 Å². The third-order valence-electron chi connectivity index (χ3n) is 4.78. The van der Waals surface area contributed by atoms with Crippen LogP contribution >= 0.6 is 0 Å². The molecule has 32 heavy (non-hydrogen) atoms. The van der Waals surface area contributed by atoms with E-state index in [0.29, 0.717) is 22.4 Å². The number of amides is 2. The number of alkyl halides is 3. The number of halogens is 3. The molecule has 0 atom stereocenters. The van der Waals surface area contributed by atoms with Crippen molar-refractivity contribution < 1.29 is 27.2 Å². The molecule has 0 saturated carbocycles. The molecule has 0 aliphatic carbocycles. The monoisotopic (exact) mass is 445 g/mol. The van der Waals surface area contributed by atoms with Gasteiger partial charge in [0.1, 0.15) is 18.1 Å². The predicted molar refractivity (Wildman–Crippen MR) is 110 cm³/mol. The van der Waals surface area contributed by atoms with Gasteiger partial charge in [0.2, 0.25) is 0 Å². The molecular weight excluding hydrogens is 427 g/mol. The van der Waals surface area contributed by atoms with Crippen molar-refractivity contribution in [2.75, 3.05) is 10.6 Å². The van der Waals surface area contributed by atoms with Gasteiger partial charge in [-0.25, -0.2) is 4.79 Å². The molecule has 166 valence electrons. The molecule has 0 bridgehead atoms. The van der Waals surface area contributed by atoms with Gasteiger partial charge in [0.25, 0.3) is 0 Å². The Morgan fingerprint density at radius 3 is 2.69 bits per heavy atom. The highest BCUT2D eigenvalue weighted by Crippen LogP contribution is 2.31. The van der Waals surface area contributed by atoms with Gasteiger partial charge in [0, 0.05) is 11.1 Å². The topological polar surface area (TPSA) is 105 Å². The zero-order valence-corrected chi connectivity index (χ0v) is 17.0. The number of urea groups is 1. The normalized spacial score (nSPS) is 11.5. The summed E-state index contributed by atoms with van der Waals surface area (Å²) in [5.41, 5.74) is 1.36. The number of hydrogen-bond acceptors (Lipinski definition) is 5. The summed E-state index contributed by atoms with van der Waals surface area (Å²) in [6.07, 6.45) is -4.51. The molecule has 2 amide bonds. The number of hydrogen-bond donors (Lipinski definition) is 3. The number of nitrogens with zero attached hydrogens (tertiary/aromatic N) is 2. The van der Waals surface area contributed by atoms with Crippen molar-refractivity contribution in [3.63, 3.8) is 0 Å². The maximum Gasteiger partial charge on any atom is 0.416 e. The summed E-state index contributed by atoms with van der Waals surface area (Å²) >= 11 is 0. The molecule has 2 aromatic carbocycles. The van der Waals surface area contributed by atoms with Gasteiger partial charge in [0.05, 0.1) is 22.3 Å². The van der Waals surface area contributed by atoms with Crippen LogP contribution in [0.2, 0.25) is 0 Å². The van der Waals surface area contributed by atoms with Gasteiger partial charge in [-0.3, -0.25) is 10.4 Å². The highest BCUT2D eigenvalue weighted by molar-refractivity contribution is 6.04. The Morgan fingerprint density at radius 1 is 1.16 bits per heavy atom. The lowest BCUT2D eigenvalue weighted by Crippen LogP contribution is -2.20. The SMILES string of the molecule is Cc1noc(C)c1COc1ccc2[nH]nc(NC(=O)Nc3cccc(C(F)(F)F)c3)c2c1. The van der Waals surface area contributed by atoms with E-state index in [1.165, 1.54) is 12.1 Å². The lowest BCUT2D eigenvalue weighted by molar-refractivity contribution is -0.137. The maximum absolute atomic E-state index is 12.9. The van der Waals surface area contributed by atoms with Crippen LogP contribution in [0.15, 0.2) is 47.0 Å². The fraction of sp³-hybridized carbons (Fsp3) is 0.190. The fourth-order valence-electron chi connectivity index (χ4n) is 3.08. The number of nitrogens with one attached hydrogen (secondary N) is 3. The van der Waals surface area contributed by atoms with E-state index in [2.05, 4.69) is 26.0 Å². The minimum atomic E-state index is -4.51. The van der Waals surface area contributed by atoms with Crippen molar-refractivity contribution in [2.24, 2.45) is 0 Å². The first-order valence-corrected chi connectivity index (χ1v) is 9.48. The molecule has 4 aromatic rings. The number of fused-ring (bicyclic) bond motifs is 1. The second kappa shape index (κ2) is 8.25. The minimum absolute atomic E-state index is 0.000602. The third-order valence-corrected chi connectivity index (χ3v) is 4.78. The number of carbonyl (C=O) groups excluding carboxylic acids is 1. The van der Waals surface area contributed by atoms with Gasteiger partial charge in [-0.1, -0.05) is 11.2 Å². The second-order valence-electron chi connectivity index (χ2n) is 7.03. The highest BCUT2D eigenvalue weighted by atomic mass is 19.4. The van der Waals surface area contributed by atoms with Crippen molar-refractivity contribution >= 4 is 28.4 Å². The Morgan fingerprint density at radius 2 is 1.97 bits per heavy atom. The summed E-state index contributed by atoms with van der Waals surface area (Å²) in [5, 5.41) is 16.2. The van der Waals surface area contributed by atoms with Crippen LogP contribution in [0.3, 0.4) is 0 Å². The standard InChI is InChI=1S/C21H18F3N5O3/c1-11-17(12(2)32-29-11)10-31-15-6-7-18-16(9-15)19(28-27-18)26-20(30)25-14-5-3-4-13(8-14)21(22,23)24/h3-9H,10H2,1-2H3,(H3,25,26,27,28,30). The molecule has 2 aromatic heterocycles. The van der Waals surface area contributed by atoms with Crippen LogP contribution in [-0.4, -0.2) is 21.4 Å². The fourth-order valence-corrected chi connectivity index (χ4v) is 3.08. The molecule has 0 aliphatic rings. The Bertz CT molecular complexity index is 1260. The van der Waals surface area contributed by atoms with Gasteiger partial charge >= 0.3 is 12.2 Å². The molecule has 0 unspecified atom stereocenters. The Kier molecular flexibility index (Phi) is 5.47. The summed E-state index contributed by atoms with van der Waals surface area (Å²) in [5.74, 6) is 1.40. The predicted octanol–water partition coefficient (Wildman–Crippen LogP) is 5.41. The van der Waals surface area contributed by atoms with E-state index in [1.54, 1.807) is 25.1 Å². The Balaban J connectivity index is 1.47. The van der Waals surface area contributed by atoms with E-state index in [0.717, 1.165) is 23.4 Å². The molecule has 11 heteroatoms. The zero-order chi connectivity index (χ0) is 22.9. The molecule has 4 rings (SSSR count). The van der Waals surface area contributed by atoms with Crippen LogP contribution in [0.25, 0.3) is 10.9 Å². The lowest BCUT2D eigenvalue weighted by atomic mass is 10.2. The maximum atomic E-state index is 12.9. The number of benzene rings is 2. The Labute approximate surface area is 179 Å². The quantitative estimate of drug-likeness (QED) is 0.381. The largest absolute Gasteiger partial charge is 0.489 e. The molecule has 0 spiro atoms. The zero-order valence-electron chi connectivity index (χ0n) is 17.0. The van der Waals surface area contributed by atoms with Gasteiger partial charge < -0.3 is 14.6 Å². The van der Waals surface area contributed by atoms with Gasteiger partial charge in [-0.2, -0.15) is 18.3 Å². The van der Waals surface area contributed by atoms with Gasteiger partial charge in [0.15, 0.2) is 5.82 Å². The summed E-state index contributed by atoms with van der Waals surface area (Å²) in [4.78, 5) is 12.3. The van der Waals surface area contributed by atoms with Crippen LogP contribution in [0.1, 0.15) is 22.6 Å². The minimum Gasteiger partial charge on any atom is -0.489 e. The Hall–Kier alpha value is -4.02. The number of rotatable bonds is 5. The number of anilines is 2. The first-order valence-electron chi connectivity index (χ1n) is 9.48. The van der Waals surface area contributed by atoms with Gasteiger partial charge in [-0.05, 0) is 50.2 Å². The molecule has 0 fully saturated rings. The molecule has 8 nitrogen and oxygen atoms in total. The summed E-state index contributed by atoms with van der Waals surface area (Å²) in [6, 6.07) is 8.78. The van der Waals surface area contributed by atoms with E-state index in [-0.39, 0.29) is 18.1 Å². The number of H-pyrrole nitrogens is 1. The molecule has 3 N–H and O–H groups in total. The smallest absolute Gasteiger partial charge is 0.416 e. The van der Waals surface area contributed by atoms with Crippen molar-refractivity contribution in [3.8, 4) is 5.75 Å². The molecular formula is C21H18F3N5O3. The highest BCUT2D eigenvalue weighted by Gasteiger charge is 2.30. The van der Waals surface area contributed by atoms with E-state index in [9.17, 15) is 18.0 Å². The van der Waals surface area contributed by atoms with Crippen molar-refractivity contribution in [1.29, 1.82) is 0 Å². The number of carbonyl (C=O) groups is 1. The number of ether oxygens (including phenoxy) is 1. The number of aryl methyl sites for hydroxylation is 2. The average molecular weight is 445 g/mol. The van der Waals surface area contributed by atoms with Crippen molar-refractivity contribution in [2.45, 2.75) is 26.6 Å². The summed E-state index contributed by atoms with van der Waals surface area (Å²) in [7, 11) is 0. The summed E-state index contributed by atoms with van der Waals surface area (Å²) < 4.78 is 49.5. The van der Waals surface area contributed by atoms with E-state index in [1.807, 2.05) is 6.92 Å². The molecule has 0 radical (unpaired) electrons. The van der Waals surface area contributed by atoms with Crippen LogP contribution in [0.4, 0.5) is 29.5 Å². The first-order chi connectivity index (χ1) is 15.2. The van der Waals surface area contributed by atoms with Gasteiger partial charge in [-0.15, -0.1) is 0 Å². The van der Waals surface area contributed by atoms with E-state index >= 15 is 0 Å². The lowest BCUT2D eigenvalue weighted by Gasteiger charge is -2.10. The number of aromatic amines is 1. The number of aromatic nitrogens is 3. The second-order valence-corrected chi connectivity index (χ2v) is 7.03.